The van der Waals surface area contributed by atoms with Gasteiger partial charge in [-0.25, -0.2) is 4.79 Å². The molecule has 3 rings (SSSR count). The summed E-state index contributed by atoms with van der Waals surface area (Å²) in [7, 11) is 0. The number of Topliss-reactive ketones (excluding diaryl/α,β-unsaturated/α-hetero) is 1. The fourth-order valence-corrected chi connectivity index (χ4v) is 3.21. The van der Waals surface area contributed by atoms with Gasteiger partial charge >= 0.3 is 6.03 Å². The number of benzene rings is 2. The molecule has 2 amide bonds. The predicted molar refractivity (Wildman–Crippen MR) is 99.1 cm³/mol. The third-order valence-electron chi connectivity index (χ3n) is 4.59. The van der Waals surface area contributed by atoms with Crippen molar-refractivity contribution < 1.29 is 9.59 Å². The molecule has 26 heavy (non-hydrogen) atoms. The number of hydrogen-bond acceptors (Lipinski definition) is 3. The van der Waals surface area contributed by atoms with Crippen LogP contribution in [0.1, 0.15) is 34.6 Å². The maximum absolute atomic E-state index is 12.7. The lowest BCUT2D eigenvalue weighted by molar-refractivity contribution is -0.120. The molecule has 6 heteroatoms. The lowest BCUT2D eigenvalue weighted by Crippen LogP contribution is -2.35. The minimum Gasteiger partial charge on any atom is -0.336 e. The van der Waals surface area contributed by atoms with Crippen molar-refractivity contribution >= 4 is 23.4 Å². The van der Waals surface area contributed by atoms with Gasteiger partial charge in [-0.05, 0) is 41.8 Å². The largest absolute Gasteiger partial charge is 0.336 e. The van der Waals surface area contributed by atoms with Gasteiger partial charge in [-0.15, -0.1) is 0 Å². The minimum atomic E-state index is -0.517. The highest BCUT2D eigenvalue weighted by Gasteiger charge is 2.29. The highest BCUT2D eigenvalue weighted by molar-refractivity contribution is 6.31. The average molecular weight is 368 g/mol. The van der Waals surface area contributed by atoms with Crippen LogP contribution in [0.15, 0.2) is 42.5 Å². The first-order chi connectivity index (χ1) is 12.5. The Hall–Kier alpha value is -2.84. The van der Waals surface area contributed by atoms with Crippen molar-refractivity contribution in [3.63, 3.8) is 0 Å². The molecule has 1 fully saturated rings. The summed E-state index contributed by atoms with van der Waals surface area (Å²) in [6, 6.07) is 14.2. The van der Waals surface area contributed by atoms with Crippen molar-refractivity contribution in [3.8, 4) is 6.07 Å². The lowest BCUT2D eigenvalue weighted by atomic mass is 9.85. The van der Waals surface area contributed by atoms with Gasteiger partial charge in [-0.3, -0.25) is 4.79 Å². The Labute approximate surface area is 157 Å². The Bertz CT molecular complexity index is 887. The second kappa shape index (κ2) is 7.59. The van der Waals surface area contributed by atoms with Crippen molar-refractivity contribution in [2.45, 2.75) is 25.3 Å². The van der Waals surface area contributed by atoms with Crippen molar-refractivity contribution in [1.29, 1.82) is 5.26 Å². The molecule has 5 nitrogen and oxygen atoms in total. The van der Waals surface area contributed by atoms with Crippen LogP contribution in [0, 0.1) is 18.3 Å². The van der Waals surface area contributed by atoms with Crippen LogP contribution in [0.5, 0.6) is 0 Å². The quantitative estimate of drug-likeness (QED) is 0.850. The Kier molecular flexibility index (Phi) is 5.24. The summed E-state index contributed by atoms with van der Waals surface area (Å²) in [5.41, 5.74) is 3.42. The second-order valence-corrected chi connectivity index (χ2v) is 6.78. The molecule has 2 atom stereocenters. The monoisotopic (exact) mass is 367 g/mol. The normalized spacial score (nSPS) is 17.1. The molecule has 0 radical (unpaired) electrons. The Morgan fingerprint density at radius 1 is 1.27 bits per heavy atom. The van der Waals surface area contributed by atoms with E-state index in [1.807, 2.05) is 37.3 Å². The van der Waals surface area contributed by atoms with Crippen LogP contribution in [0.25, 0.3) is 0 Å². The predicted octanol–water partition coefficient (Wildman–Crippen LogP) is 3.29. The molecule has 1 saturated heterocycles. The Morgan fingerprint density at radius 3 is 2.54 bits per heavy atom. The van der Waals surface area contributed by atoms with Gasteiger partial charge in [0.25, 0.3) is 0 Å². The first kappa shape index (κ1) is 18.0. The first-order valence-electron chi connectivity index (χ1n) is 8.31. The van der Waals surface area contributed by atoms with Gasteiger partial charge in [0.2, 0.25) is 0 Å². The van der Waals surface area contributed by atoms with Gasteiger partial charge in [0.15, 0.2) is 5.78 Å². The van der Waals surface area contributed by atoms with Gasteiger partial charge in [0.05, 0.1) is 11.6 Å². The third kappa shape index (κ3) is 3.87. The number of rotatable bonds is 5. The fraction of sp³-hybridized carbons (Fsp3) is 0.250. The smallest absolute Gasteiger partial charge is 0.315 e. The van der Waals surface area contributed by atoms with Gasteiger partial charge < -0.3 is 10.6 Å². The minimum absolute atomic E-state index is 0.0367. The molecule has 0 aromatic heterocycles. The zero-order valence-corrected chi connectivity index (χ0v) is 15.0. The molecule has 1 aliphatic rings. The zero-order chi connectivity index (χ0) is 18.7. The molecule has 0 bridgehead atoms. The van der Waals surface area contributed by atoms with E-state index in [1.165, 1.54) is 0 Å². The molecule has 1 aliphatic heterocycles. The number of nitriles is 1. The Morgan fingerprint density at radius 2 is 1.96 bits per heavy atom. The number of carbonyl (C=O) groups is 2. The van der Waals surface area contributed by atoms with Crippen LogP contribution in [-0.4, -0.2) is 24.4 Å². The standard InChI is InChI=1S/C20H18ClN3O2/c1-12-8-15(6-7-17(12)21)16(14-4-2-13(10-22)3-5-14)9-19(25)18-11-23-20(26)24-18/h2-8,16,18H,9,11H2,1H3,(H2,23,24,26)/t16?,18-/m0/s1. The zero-order valence-electron chi connectivity index (χ0n) is 14.3. The van der Waals surface area contributed by atoms with Crippen LogP contribution in [0.3, 0.4) is 0 Å². The molecule has 0 spiro atoms. The molecule has 2 aromatic rings. The fourth-order valence-electron chi connectivity index (χ4n) is 3.10. The van der Waals surface area contributed by atoms with E-state index in [0.717, 1.165) is 16.7 Å². The third-order valence-corrected chi connectivity index (χ3v) is 5.02. The number of nitrogens with zero attached hydrogens (tertiary/aromatic N) is 1. The molecule has 0 aliphatic carbocycles. The van der Waals surface area contributed by atoms with Crippen molar-refractivity contribution in [2.75, 3.05) is 6.54 Å². The van der Waals surface area contributed by atoms with Crippen LogP contribution in [-0.2, 0) is 4.79 Å². The summed E-state index contributed by atoms with van der Waals surface area (Å²) in [6.45, 7) is 2.22. The number of nitrogens with one attached hydrogen (secondary N) is 2. The van der Waals surface area contributed by atoms with E-state index in [2.05, 4.69) is 16.7 Å². The van der Waals surface area contributed by atoms with E-state index in [0.29, 0.717) is 17.1 Å². The van der Waals surface area contributed by atoms with Gasteiger partial charge in [0, 0.05) is 23.9 Å². The van der Waals surface area contributed by atoms with E-state index in [4.69, 9.17) is 16.9 Å². The summed E-state index contributed by atoms with van der Waals surface area (Å²) in [6.07, 6.45) is 0.250. The van der Waals surface area contributed by atoms with Gasteiger partial charge in [-0.2, -0.15) is 5.26 Å². The van der Waals surface area contributed by atoms with Crippen LogP contribution in [0.4, 0.5) is 4.79 Å². The summed E-state index contributed by atoms with van der Waals surface area (Å²) < 4.78 is 0. The molecule has 2 aromatic carbocycles. The Balaban J connectivity index is 1.92. The summed E-state index contributed by atoms with van der Waals surface area (Å²) in [5.74, 6) is -0.214. The van der Waals surface area contributed by atoms with Gasteiger partial charge in [-0.1, -0.05) is 35.9 Å². The highest BCUT2D eigenvalue weighted by Crippen LogP contribution is 2.31. The van der Waals surface area contributed by atoms with E-state index < -0.39 is 6.04 Å². The average Bonchev–Trinajstić information content (AvgIpc) is 3.09. The first-order valence-corrected chi connectivity index (χ1v) is 8.69. The van der Waals surface area contributed by atoms with Crippen LogP contribution in [0.2, 0.25) is 5.02 Å². The van der Waals surface area contributed by atoms with Crippen LogP contribution < -0.4 is 10.6 Å². The molecular weight excluding hydrogens is 350 g/mol. The number of urea groups is 1. The maximum atomic E-state index is 12.7. The topological polar surface area (TPSA) is 82.0 Å². The number of ketones is 1. The molecular formula is C20H18ClN3O2. The molecule has 1 unspecified atom stereocenters. The highest BCUT2D eigenvalue weighted by atomic mass is 35.5. The van der Waals surface area contributed by atoms with Crippen LogP contribution >= 0.6 is 11.6 Å². The number of amides is 2. The SMILES string of the molecule is Cc1cc(C(CC(=O)[C@@H]2CNC(=O)N2)c2ccc(C#N)cc2)ccc1Cl. The van der Waals surface area contributed by atoms with Crippen molar-refractivity contribution in [2.24, 2.45) is 0 Å². The van der Waals surface area contributed by atoms with Crippen molar-refractivity contribution in [1.82, 2.24) is 10.6 Å². The number of halogens is 1. The molecule has 132 valence electrons. The molecule has 0 saturated carbocycles. The summed E-state index contributed by atoms with van der Waals surface area (Å²) >= 11 is 6.14. The summed E-state index contributed by atoms with van der Waals surface area (Å²) in [4.78, 5) is 24.0. The number of hydrogen-bond donors (Lipinski definition) is 2. The van der Waals surface area contributed by atoms with E-state index in [1.54, 1.807) is 12.1 Å². The van der Waals surface area contributed by atoms with E-state index in [-0.39, 0.29) is 24.2 Å². The molecule has 2 N–H and O–H groups in total. The van der Waals surface area contributed by atoms with Crippen molar-refractivity contribution in [3.05, 3.63) is 69.7 Å². The van der Waals surface area contributed by atoms with E-state index in [9.17, 15) is 9.59 Å². The van der Waals surface area contributed by atoms with Gasteiger partial charge in [0.1, 0.15) is 6.04 Å². The number of carbonyl (C=O) groups excluding carboxylic acids is 2. The summed E-state index contributed by atoms with van der Waals surface area (Å²) in [5, 5.41) is 14.9. The second-order valence-electron chi connectivity index (χ2n) is 6.37. The lowest BCUT2D eigenvalue weighted by Gasteiger charge is -2.20. The molecule has 1 heterocycles. The maximum Gasteiger partial charge on any atom is 0.315 e. The number of aryl methyl sites for hydroxylation is 1. The van der Waals surface area contributed by atoms with E-state index >= 15 is 0 Å².